The summed E-state index contributed by atoms with van der Waals surface area (Å²) in [6.45, 7) is 34.5. The monoisotopic (exact) mass is 2020 g/mol. The van der Waals surface area contributed by atoms with Crippen molar-refractivity contribution in [3.8, 4) is 22.8 Å². The molecule has 0 spiro atoms. The van der Waals surface area contributed by atoms with Gasteiger partial charge in [0.05, 0.1) is 93.0 Å². The van der Waals surface area contributed by atoms with Gasteiger partial charge in [-0.3, -0.25) is 29.9 Å². The number of halogens is 1. The Balaban J connectivity index is 0.000000140. The molecule has 3 amide bonds. The molecule has 0 aliphatic carbocycles. The molecule has 45 heteroatoms. The molecule has 1 aliphatic rings. The number of ether oxygens (including phenoxy) is 5. The molecule has 19 rings (SSSR count). The number of carbonyl (C=O) groups is 8. The molecule has 0 atom stereocenters. The Hall–Kier alpha value is -15.9. The van der Waals surface area contributed by atoms with Crippen LogP contribution >= 0.6 is 45.6 Å². The molecular weight excluding hydrogens is 1920 g/mol. The lowest BCUT2D eigenvalue weighted by atomic mass is 9.79. The highest BCUT2D eigenvalue weighted by atomic mass is 35.5. The number of fused-ring (bicyclic) bond motifs is 6. The van der Waals surface area contributed by atoms with Crippen LogP contribution in [0.2, 0.25) is 5.28 Å². The second-order valence-corrected chi connectivity index (χ2v) is 42.0. The zero-order valence-corrected chi connectivity index (χ0v) is 84.9. The summed E-state index contributed by atoms with van der Waals surface area (Å²) in [6.07, 6.45) is 6.65. The van der Waals surface area contributed by atoms with Gasteiger partial charge in [-0.1, -0.05) is 47.7 Å². The van der Waals surface area contributed by atoms with Gasteiger partial charge in [0.1, 0.15) is 77.7 Å². The molecule has 13 heterocycles. The SMILES string of the molecule is CC(C)(C)OC(=O)N(c1ccc2[nH]ncc2c1)c1ccnc(-c2ccc3cc(C(=O)Cc4nncs4)n(C(=O)OC(C)(C)C)c3c2)n1.CC(C)(C)OC(=O)N(c1ccc2c(cnn2C(=O)OC(C)(C)C)c1)c1ccnc(Cl)n1.CC(C)(C)OC(=O)n1c(C(=O)Nc2nncs2)cc2ccc(B3OC(C)(C)C(C)(C)O3)cc21.O=C(Cc1nncs1)c1cc2ccc(-c3nccc(Nc4ccc5[nH]ncc5c4)n3)cc2[nH]1. The van der Waals surface area contributed by atoms with Crippen LogP contribution < -0.4 is 25.9 Å². The first-order chi connectivity index (χ1) is 68.1. The Bertz CT molecular complexity index is 7860. The molecule has 18 aromatic rings. The van der Waals surface area contributed by atoms with E-state index in [2.05, 4.69) is 96.6 Å². The van der Waals surface area contributed by atoms with Gasteiger partial charge < -0.3 is 43.3 Å². The van der Waals surface area contributed by atoms with Crippen molar-refractivity contribution < 1.29 is 71.3 Å². The van der Waals surface area contributed by atoms with Gasteiger partial charge in [0.2, 0.25) is 10.4 Å². The number of hydrogen-bond acceptors (Lipinski definition) is 34. The molecule has 12 aromatic heterocycles. The Morgan fingerprint density at radius 2 is 0.965 bits per heavy atom. The van der Waals surface area contributed by atoms with Gasteiger partial charge in [-0.05, 0) is 252 Å². The summed E-state index contributed by atoms with van der Waals surface area (Å²) in [5.74, 6) is 1.22. The van der Waals surface area contributed by atoms with Gasteiger partial charge in [-0.2, -0.15) is 25.0 Å². The topological polar surface area (TPSA) is 487 Å². The van der Waals surface area contributed by atoms with Gasteiger partial charge >= 0.3 is 37.6 Å². The largest absolute Gasteiger partial charge is 0.494 e. The van der Waals surface area contributed by atoms with E-state index in [0.29, 0.717) is 82.1 Å². The molecule has 0 saturated carbocycles. The van der Waals surface area contributed by atoms with Crippen molar-refractivity contribution in [2.45, 2.75) is 184 Å². The van der Waals surface area contributed by atoms with Crippen molar-refractivity contribution in [1.82, 2.24) is 105 Å². The van der Waals surface area contributed by atoms with Crippen LogP contribution in [0.1, 0.15) is 173 Å². The quantitative estimate of drug-likeness (QED) is 0.0245. The van der Waals surface area contributed by atoms with E-state index in [1.165, 1.54) is 75.5 Å². The number of aromatic amines is 3. The fourth-order valence-electron chi connectivity index (χ4n) is 14.6. The Kier molecular flexibility index (Phi) is 28.5. The lowest BCUT2D eigenvalue weighted by molar-refractivity contribution is 0.00578. The van der Waals surface area contributed by atoms with E-state index in [4.69, 9.17) is 49.6 Å². The molecule has 40 nitrogen and oxygen atoms in total. The predicted octanol–water partition coefficient (Wildman–Crippen LogP) is 20.8. The van der Waals surface area contributed by atoms with Gasteiger partial charge in [-0.15, -0.1) is 53.3 Å². The molecule has 738 valence electrons. The minimum atomic E-state index is -0.813. The van der Waals surface area contributed by atoms with Crippen LogP contribution in [0.3, 0.4) is 0 Å². The van der Waals surface area contributed by atoms with Crippen molar-refractivity contribution in [3.05, 3.63) is 232 Å². The van der Waals surface area contributed by atoms with E-state index in [-0.39, 0.29) is 58.5 Å². The van der Waals surface area contributed by atoms with Crippen LogP contribution in [0, 0.1) is 0 Å². The number of benzene rings is 6. The molecule has 0 unspecified atom stereocenters. The number of Topliss-reactive ketones (excluding diaryl/α,β-unsaturated/α-hetero) is 2. The van der Waals surface area contributed by atoms with Crippen LogP contribution in [0.25, 0.3) is 88.2 Å². The highest BCUT2D eigenvalue weighted by molar-refractivity contribution is 7.13. The normalized spacial score (nSPS) is 13.0. The molecule has 0 radical (unpaired) electrons. The fourth-order valence-corrected chi connectivity index (χ4v) is 16.3. The van der Waals surface area contributed by atoms with Crippen molar-refractivity contribution >= 4 is 211 Å². The molecule has 1 aliphatic heterocycles. The van der Waals surface area contributed by atoms with Crippen molar-refractivity contribution in [3.63, 3.8) is 0 Å². The lowest BCUT2D eigenvalue weighted by Gasteiger charge is -2.32. The standard InChI is InChI=1S/C33H32N8O5S.C23H16N8OS.C22H27BN4O5S.C21H24ClN5O4/c1-32(2,3)45-30(43)40(22-9-10-23-21(13-22)17-35-38-23)27-11-12-34-29(37-27)20-8-7-19-14-25(26(42)16-28-39-36-18-47-28)41(24(19)15-20)31(44)46-33(4,5)6;32-20(10-22-31-26-12-33-22)19-8-13-1-2-14(9-18(13)28-19)23-24-6-5-21(29-23)27-16-3-4-17-15(7-16)11-25-30-17;1-20(2,3)30-19(29)27-15-11-14(23-31-21(4,5)22(6,7)32-23)9-8-13(15)10-16(27)17(28)25-18-26-24-12-33-18;1-20(2,3)30-18(28)26(16-9-10-23-17(22)25-16)14-7-8-15-13(11-14)12-24-27(15)19(29)31-21(4,5)6/h7-15,17-18H,16H2,1-6H3,(H,35,38);1-9,11-12,28H,10H2,(H,25,30)(H,24,27,29);8-12H,1-7H3,(H,25,26,28);7-12H,1-6H3. The van der Waals surface area contributed by atoms with E-state index in [9.17, 15) is 38.4 Å². The predicted molar refractivity (Wildman–Crippen MR) is 548 cm³/mol. The van der Waals surface area contributed by atoms with Gasteiger partial charge in [0.15, 0.2) is 23.2 Å². The van der Waals surface area contributed by atoms with E-state index in [1.807, 2.05) is 100 Å². The number of carbonyl (C=O) groups excluding carboxylic acids is 8. The van der Waals surface area contributed by atoms with E-state index < -0.39 is 82.7 Å². The third kappa shape index (κ3) is 24.1. The van der Waals surface area contributed by atoms with Crippen LogP contribution in [-0.4, -0.2) is 199 Å². The first-order valence-electron chi connectivity index (χ1n) is 45.0. The molecule has 5 N–H and O–H groups in total. The Labute approximate surface area is 840 Å². The molecule has 144 heavy (non-hydrogen) atoms. The number of nitrogens with zero attached hydrogens (tertiary/aromatic N) is 20. The molecular formula is C99H99BClN25O15S3. The van der Waals surface area contributed by atoms with Gasteiger partial charge in [0, 0.05) is 79.3 Å². The maximum atomic E-state index is 13.6. The lowest BCUT2D eigenvalue weighted by Crippen LogP contribution is -2.41. The number of nitrogens with one attached hydrogen (secondary N) is 5. The number of amides is 3. The summed E-state index contributed by atoms with van der Waals surface area (Å²) in [5.41, 5.74) is 8.90. The third-order valence-corrected chi connectivity index (χ3v) is 23.8. The van der Waals surface area contributed by atoms with Crippen molar-refractivity contribution in [2.24, 2.45) is 0 Å². The smallest absolute Gasteiger partial charge is 0.443 e. The van der Waals surface area contributed by atoms with Gasteiger partial charge in [-0.25, -0.2) is 67.8 Å². The van der Waals surface area contributed by atoms with Crippen LogP contribution in [0.4, 0.5) is 63.6 Å². The third-order valence-electron chi connectivity index (χ3n) is 21.6. The summed E-state index contributed by atoms with van der Waals surface area (Å²) in [7, 11) is -0.611. The first-order valence-corrected chi connectivity index (χ1v) is 48.1. The first kappa shape index (κ1) is 101. The summed E-state index contributed by atoms with van der Waals surface area (Å²) in [6, 6.07) is 43.1. The number of ketones is 2. The second-order valence-electron chi connectivity index (χ2n) is 39.0. The fraction of sp³-hybridized carbons (Fsp3) is 0.283. The molecule has 1 saturated heterocycles. The molecule has 0 bridgehead atoms. The maximum absolute atomic E-state index is 13.6. The summed E-state index contributed by atoms with van der Waals surface area (Å²) < 4.78 is 44.0. The van der Waals surface area contributed by atoms with Crippen LogP contribution in [0.5, 0.6) is 0 Å². The molecule has 1 fully saturated rings. The zero-order chi connectivity index (χ0) is 103. The average molecular weight is 2020 g/mol. The highest BCUT2D eigenvalue weighted by Crippen LogP contribution is 2.40. The Morgan fingerprint density at radius 1 is 0.458 bits per heavy atom. The highest BCUT2D eigenvalue weighted by Gasteiger charge is 2.52. The minimum absolute atomic E-state index is 0.00937. The zero-order valence-electron chi connectivity index (χ0n) is 81.7. The van der Waals surface area contributed by atoms with Crippen molar-refractivity contribution in [2.75, 3.05) is 20.4 Å². The van der Waals surface area contributed by atoms with Crippen LogP contribution in [0.15, 0.2) is 199 Å². The number of H-pyrrole nitrogens is 3. The van der Waals surface area contributed by atoms with E-state index in [0.717, 1.165) is 49.4 Å². The average Bonchev–Trinajstić information content (AvgIpc) is 1.59. The van der Waals surface area contributed by atoms with E-state index >= 15 is 0 Å². The number of hydrogen-bond donors (Lipinski definition) is 5. The summed E-state index contributed by atoms with van der Waals surface area (Å²) >= 11 is 9.75. The van der Waals surface area contributed by atoms with E-state index in [1.54, 1.807) is 212 Å². The summed E-state index contributed by atoms with van der Waals surface area (Å²) in [4.78, 5) is 137. The number of anilines is 7. The minimum Gasteiger partial charge on any atom is -0.443 e. The number of aromatic nitrogens is 21. The van der Waals surface area contributed by atoms with Crippen LogP contribution in [-0.2, 0) is 45.8 Å². The second kappa shape index (κ2) is 40.6. The Morgan fingerprint density at radius 3 is 1.56 bits per heavy atom. The number of rotatable bonds is 17. The van der Waals surface area contributed by atoms with Gasteiger partial charge in [0.25, 0.3) is 5.91 Å². The maximum Gasteiger partial charge on any atom is 0.494 e. The summed E-state index contributed by atoms with van der Waals surface area (Å²) in [5, 5.41) is 53.5. The van der Waals surface area contributed by atoms with Crippen molar-refractivity contribution in [1.29, 1.82) is 0 Å². The molecule has 6 aromatic carbocycles.